The molecule has 0 aromatic heterocycles. The first kappa shape index (κ1) is 13.8. The topological polar surface area (TPSA) is 0 Å². The minimum atomic E-state index is 0.898. The van der Waals surface area contributed by atoms with Crippen molar-refractivity contribution >= 4 is 0 Å². The van der Waals surface area contributed by atoms with Gasteiger partial charge in [0.05, 0.1) is 0 Å². The first-order chi connectivity index (χ1) is 5.68. The van der Waals surface area contributed by atoms with Crippen molar-refractivity contribution in [2.45, 2.75) is 33.6 Å². The molecule has 0 aliphatic heterocycles. The van der Waals surface area contributed by atoms with Gasteiger partial charge in [0.2, 0.25) is 0 Å². The number of hydrogen-bond donors (Lipinski definition) is 0. The molecule has 0 nitrogen and oxygen atoms in total. The molecule has 0 heterocycles. The van der Waals surface area contributed by atoms with Crippen molar-refractivity contribution in [3.63, 3.8) is 0 Å². The lowest BCUT2D eigenvalue weighted by Gasteiger charge is -1.95. The summed E-state index contributed by atoms with van der Waals surface area (Å²) >= 11 is 0. The van der Waals surface area contributed by atoms with Crippen molar-refractivity contribution in [3.05, 3.63) is 37.5 Å². The molecule has 0 fully saturated rings. The maximum Gasteiger partial charge on any atom is -0.0471 e. The van der Waals surface area contributed by atoms with E-state index in [2.05, 4.69) is 33.9 Å². The van der Waals surface area contributed by atoms with Gasteiger partial charge in [0.15, 0.2) is 0 Å². The first-order valence-electron chi connectivity index (χ1n) is 4.59. The second kappa shape index (κ2) is 12.9. The summed E-state index contributed by atoms with van der Waals surface area (Å²) in [5, 5.41) is 0. The van der Waals surface area contributed by atoms with Crippen LogP contribution in [0.3, 0.4) is 0 Å². The third-order valence-electron chi connectivity index (χ3n) is 1.25. The largest absolute Gasteiger partial charge is 0.0991 e. The van der Waals surface area contributed by atoms with Crippen LogP contribution in [0.4, 0.5) is 0 Å². The number of allylic oxidation sites excluding steroid dienone is 4. The molecule has 0 amide bonds. The molecule has 0 aromatic carbocycles. The van der Waals surface area contributed by atoms with Crippen LogP contribution in [0.5, 0.6) is 0 Å². The fourth-order valence-electron chi connectivity index (χ4n) is 0.734. The van der Waals surface area contributed by atoms with Gasteiger partial charge in [-0.2, -0.15) is 0 Å². The van der Waals surface area contributed by atoms with E-state index in [9.17, 15) is 0 Å². The summed E-state index contributed by atoms with van der Waals surface area (Å²) in [5.41, 5.74) is 0. The zero-order chi connectivity index (χ0) is 9.82. The normalized spacial score (nSPS) is 9.33. The molecule has 0 saturated heterocycles. The Morgan fingerprint density at radius 3 is 1.58 bits per heavy atom. The molecular formula is C12H22. The fraction of sp³-hybridized carbons (Fsp3) is 0.500. The Morgan fingerprint density at radius 1 is 1.08 bits per heavy atom. The van der Waals surface area contributed by atoms with Crippen LogP contribution in [-0.4, -0.2) is 0 Å². The summed E-state index contributed by atoms with van der Waals surface area (Å²) in [6.07, 6.45) is 9.78. The van der Waals surface area contributed by atoms with Crippen LogP contribution < -0.4 is 0 Å². The van der Waals surface area contributed by atoms with Crippen molar-refractivity contribution in [2.75, 3.05) is 0 Å². The molecule has 0 unspecified atom stereocenters. The molecule has 0 aromatic rings. The molecule has 0 bridgehead atoms. The number of rotatable bonds is 4. The molecule has 0 heteroatoms. The zero-order valence-electron chi connectivity index (χ0n) is 8.72. The predicted octanol–water partition coefficient (Wildman–Crippen LogP) is 4.36. The summed E-state index contributed by atoms with van der Waals surface area (Å²) < 4.78 is 0. The summed E-state index contributed by atoms with van der Waals surface area (Å²) in [6, 6.07) is 0. The van der Waals surface area contributed by atoms with Gasteiger partial charge in [-0.05, 0) is 5.92 Å². The Balaban J connectivity index is 0. The van der Waals surface area contributed by atoms with Crippen molar-refractivity contribution in [2.24, 2.45) is 5.92 Å². The second-order valence-corrected chi connectivity index (χ2v) is 3.04. The van der Waals surface area contributed by atoms with Gasteiger partial charge in [-0.3, -0.25) is 0 Å². The van der Waals surface area contributed by atoms with E-state index in [1.54, 1.807) is 12.2 Å². The molecule has 0 atom stereocenters. The third kappa shape index (κ3) is 22.9. The standard InChI is InChI=1S/C6H14.C6H8/c1-4-5-6(2)3;1-3-5-6-4-2/h6H,4-5H2,1-3H3;3-6H,1-2H2/b;6-5-. The molecular weight excluding hydrogens is 144 g/mol. The maximum absolute atomic E-state index is 3.46. The van der Waals surface area contributed by atoms with Gasteiger partial charge in [0.25, 0.3) is 0 Å². The Morgan fingerprint density at radius 2 is 1.50 bits per heavy atom. The Kier molecular flexibility index (Phi) is 14.8. The van der Waals surface area contributed by atoms with Crippen LogP contribution >= 0.6 is 0 Å². The number of hydrogen-bond acceptors (Lipinski definition) is 0. The average molecular weight is 166 g/mol. The molecule has 70 valence electrons. The molecule has 0 N–H and O–H groups in total. The fourth-order valence-corrected chi connectivity index (χ4v) is 0.734. The van der Waals surface area contributed by atoms with E-state index < -0.39 is 0 Å². The van der Waals surface area contributed by atoms with Gasteiger partial charge in [-0.1, -0.05) is 71.1 Å². The quantitative estimate of drug-likeness (QED) is 0.544. The van der Waals surface area contributed by atoms with Crippen molar-refractivity contribution in [3.8, 4) is 0 Å². The van der Waals surface area contributed by atoms with Gasteiger partial charge in [0, 0.05) is 0 Å². The van der Waals surface area contributed by atoms with E-state index in [1.165, 1.54) is 12.8 Å². The first-order valence-corrected chi connectivity index (χ1v) is 4.59. The maximum atomic E-state index is 3.46. The van der Waals surface area contributed by atoms with E-state index in [0.29, 0.717) is 0 Å². The minimum absolute atomic E-state index is 0.898. The predicted molar refractivity (Wildman–Crippen MR) is 59.3 cm³/mol. The summed E-state index contributed by atoms with van der Waals surface area (Å²) in [6.45, 7) is 13.7. The van der Waals surface area contributed by atoms with E-state index in [4.69, 9.17) is 0 Å². The highest BCUT2D eigenvalue weighted by Crippen LogP contribution is 2.00. The van der Waals surface area contributed by atoms with Crippen molar-refractivity contribution in [1.82, 2.24) is 0 Å². The Bertz CT molecular complexity index is 108. The molecule has 0 saturated carbocycles. The summed E-state index contributed by atoms with van der Waals surface area (Å²) in [4.78, 5) is 0. The Hall–Kier alpha value is -0.780. The highest BCUT2D eigenvalue weighted by Gasteiger charge is 1.85. The molecule has 0 spiro atoms. The molecule has 0 aliphatic carbocycles. The van der Waals surface area contributed by atoms with Gasteiger partial charge >= 0.3 is 0 Å². The third-order valence-corrected chi connectivity index (χ3v) is 1.25. The Labute approximate surface area is 77.7 Å². The molecule has 0 rings (SSSR count). The van der Waals surface area contributed by atoms with Gasteiger partial charge < -0.3 is 0 Å². The van der Waals surface area contributed by atoms with Crippen LogP contribution in [0.1, 0.15) is 33.6 Å². The lowest BCUT2D eigenvalue weighted by Crippen LogP contribution is -1.81. The SMILES string of the molecule is C=C/C=C\C=C.CCCC(C)C. The minimum Gasteiger partial charge on any atom is -0.0991 e. The van der Waals surface area contributed by atoms with Gasteiger partial charge in [0.1, 0.15) is 0 Å². The van der Waals surface area contributed by atoms with Gasteiger partial charge in [-0.15, -0.1) is 0 Å². The van der Waals surface area contributed by atoms with E-state index in [1.807, 2.05) is 12.2 Å². The van der Waals surface area contributed by atoms with E-state index in [0.717, 1.165) is 5.92 Å². The summed E-state index contributed by atoms with van der Waals surface area (Å²) in [7, 11) is 0. The molecule has 0 radical (unpaired) electrons. The van der Waals surface area contributed by atoms with Crippen LogP contribution in [0.15, 0.2) is 37.5 Å². The lowest BCUT2D eigenvalue weighted by atomic mass is 10.1. The van der Waals surface area contributed by atoms with Crippen LogP contribution in [0.2, 0.25) is 0 Å². The van der Waals surface area contributed by atoms with Crippen LogP contribution in [0.25, 0.3) is 0 Å². The monoisotopic (exact) mass is 166 g/mol. The summed E-state index contributed by atoms with van der Waals surface area (Å²) in [5.74, 6) is 0.898. The highest BCUT2D eigenvalue weighted by molar-refractivity contribution is 5.05. The molecule has 12 heavy (non-hydrogen) atoms. The van der Waals surface area contributed by atoms with Gasteiger partial charge in [-0.25, -0.2) is 0 Å². The average Bonchev–Trinajstić information content (AvgIpc) is 2.02. The smallest absolute Gasteiger partial charge is 0.0471 e. The van der Waals surface area contributed by atoms with Crippen LogP contribution in [0, 0.1) is 5.92 Å². The zero-order valence-corrected chi connectivity index (χ0v) is 8.72. The van der Waals surface area contributed by atoms with Crippen molar-refractivity contribution in [1.29, 1.82) is 0 Å². The molecule has 0 aliphatic rings. The van der Waals surface area contributed by atoms with Crippen LogP contribution in [-0.2, 0) is 0 Å². The lowest BCUT2D eigenvalue weighted by molar-refractivity contribution is 0.576. The van der Waals surface area contributed by atoms with E-state index in [-0.39, 0.29) is 0 Å². The van der Waals surface area contributed by atoms with E-state index >= 15 is 0 Å². The van der Waals surface area contributed by atoms with Crippen molar-refractivity contribution < 1.29 is 0 Å². The highest BCUT2D eigenvalue weighted by atomic mass is 13.9. The second-order valence-electron chi connectivity index (χ2n) is 3.04.